The van der Waals surface area contributed by atoms with Crippen molar-refractivity contribution in [2.75, 3.05) is 0 Å². The van der Waals surface area contributed by atoms with Crippen LogP contribution in [0.15, 0.2) is 0 Å². The third-order valence-corrected chi connectivity index (χ3v) is 4.39. The van der Waals surface area contributed by atoms with E-state index in [9.17, 15) is 13.6 Å². The molecule has 0 atom stereocenters. The van der Waals surface area contributed by atoms with Gasteiger partial charge < -0.3 is 14.2 Å². The molecule has 0 unspecified atom stereocenters. The van der Waals surface area contributed by atoms with Crippen LogP contribution in [0.2, 0.25) is 0 Å². The summed E-state index contributed by atoms with van der Waals surface area (Å²) in [7, 11) is 0. The summed E-state index contributed by atoms with van der Waals surface area (Å²) in [5.41, 5.74) is 2.47. The van der Waals surface area contributed by atoms with Crippen molar-refractivity contribution in [3.8, 4) is 11.5 Å². The zero-order valence-corrected chi connectivity index (χ0v) is 17.3. The molecule has 0 amide bonds. The monoisotopic (exact) mass is 384 g/mol. The van der Waals surface area contributed by atoms with Crippen LogP contribution in [0.3, 0.4) is 0 Å². The van der Waals surface area contributed by atoms with Crippen LogP contribution in [-0.4, -0.2) is 17.9 Å². The average Bonchev–Trinajstić information content (AvgIpc) is 3.10. The predicted molar refractivity (Wildman–Crippen MR) is 99.7 cm³/mol. The van der Waals surface area contributed by atoms with Gasteiger partial charge in [0.05, 0.1) is 6.42 Å². The number of fused-ring (bicyclic) bond motifs is 3. The number of ether oxygens (including phenoxy) is 3. The minimum Gasteiger partial charge on any atom is -0.460 e. The Bertz CT molecular complexity index is 718. The molecule has 0 bridgehead atoms. The first-order valence-electron chi connectivity index (χ1n) is 9.66. The Kier molecular flexibility index (Phi) is 6.07. The highest BCUT2D eigenvalue weighted by molar-refractivity contribution is 5.76. The summed E-state index contributed by atoms with van der Waals surface area (Å²) in [6.07, 6.45) is -1.37. The van der Waals surface area contributed by atoms with Gasteiger partial charge >= 0.3 is 12.3 Å². The number of hydrogen-bond donors (Lipinski definition) is 0. The van der Waals surface area contributed by atoms with E-state index in [0.717, 1.165) is 29.5 Å². The number of esters is 1. The van der Waals surface area contributed by atoms with Gasteiger partial charge in [-0.15, -0.1) is 8.78 Å². The molecule has 0 radical (unpaired) electrons. The number of carbonyl (C=O) groups is 1. The lowest BCUT2D eigenvalue weighted by molar-refractivity contribution is -0.287. The summed E-state index contributed by atoms with van der Waals surface area (Å²) in [6, 6.07) is 0. The van der Waals surface area contributed by atoms with Crippen molar-refractivity contribution in [3.05, 3.63) is 22.3 Å². The smallest absolute Gasteiger partial charge is 0.460 e. The Morgan fingerprint density at radius 3 is 2.22 bits per heavy atom. The maximum absolute atomic E-state index is 13.7. The van der Waals surface area contributed by atoms with E-state index in [1.807, 2.05) is 27.7 Å². The molecule has 1 heterocycles. The van der Waals surface area contributed by atoms with Gasteiger partial charge in [-0.05, 0) is 57.1 Å². The maximum Gasteiger partial charge on any atom is 0.586 e. The summed E-state index contributed by atoms with van der Waals surface area (Å²) in [4.78, 5) is 12.4. The Morgan fingerprint density at radius 1 is 1.11 bits per heavy atom. The lowest BCUT2D eigenvalue weighted by Gasteiger charge is -2.23. The SMILES string of the molecule is CC.CC(C)c1c(CC(=O)OC(C)(C)C)c2c(c3c1OC(F)(F)O3)CCC2. The molecular weight excluding hydrogens is 354 g/mol. The van der Waals surface area contributed by atoms with Crippen LogP contribution in [0, 0.1) is 0 Å². The van der Waals surface area contributed by atoms with Crippen LogP contribution >= 0.6 is 0 Å². The van der Waals surface area contributed by atoms with E-state index in [4.69, 9.17) is 14.2 Å². The molecule has 6 heteroatoms. The van der Waals surface area contributed by atoms with Crippen molar-refractivity contribution in [2.45, 2.75) is 92.0 Å². The summed E-state index contributed by atoms with van der Waals surface area (Å²) >= 11 is 0. The first-order chi connectivity index (χ1) is 12.5. The van der Waals surface area contributed by atoms with Gasteiger partial charge in [0, 0.05) is 11.1 Å². The molecule has 0 fully saturated rings. The molecule has 1 aromatic carbocycles. The Labute approximate surface area is 160 Å². The van der Waals surface area contributed by atoms with Gasteiger partial charge in [-0.1, -0.05) is 27.7 Å². The van der Waals surface area contributed by atoms with Crippen molar-refractivity contribution in [1.29, 1.82) is 0 Å². The largest absolute Gasteiger partial charge is 0.586 e. The molecular formula is C21H30F2O4. The van der Waals surface area contributed by atoms with E-state index in [1.165, 1.54) is 0 Å². The van der Waals surface area contributed by atoms with Crippen molar-refractivity contribution in [3.63, 3.8) is 0 Å². The van der Waals surface area contributed by atoms with Crippen molar-refractivity contribution in [1.82, 2.24) is 0 Å². The van der Waals surface area contributed by atoms with Gasteiger partial charge in [0.2, 0.25) is 0 Å². The zero-order chi connectivity index (χ0) is 20.6. The fraction of sp³-hybridized carbons (Fsp3) is 0.667. The molecule has 3 rings (SSSR count). The van der Waals surface area contributed by atoms with Gasteiger partial charge in [0.1, 0.15) is 5.60 Å². The second kappa shape index (κ2) is 7.64. The Balaban J connectivity index is 0.00000126. The summed E-state index contributed by atoms with van der Waals surface area (Å²) < 4.78 is 42.5. The average molecular weight is 384 g/mol. The number of alkyl halides is 2. The predicted octanol–water partition coefficient (Wildman–Crippen LogP) is 5.53. The summed E-state index contributed by atoms with van der Waals surface area (Å²) in [5, 5.41) is 0. The third kappa shape index (κ3) is 4.53. The van der Waals surface area contributed by atoms with Gasteiger partial charge in [-0.25, -0.2) is 0 Å². The van der Waals surface area contributed by atoms with Crippen molar-refractivity contribution in [2.24, 2.45) is 0 Å². The highest BCUT2D eigenvalue weighted by atomic mass is 19.3. The van der Waals surface area contributed by atoms with Crippen molar-refractivity contribution < 1.29 is 27.8 Å². The molecule has 1 aromatic rings. The normalized spacial score (nSPS) is 16.7. The fourth-order valence-corrected chi connectivity index (χ4v) is 3.69. The minimum absolute atomic E-state index is 0.0509. The van der Waals surface area contributed by atoms with E-state index >= 15 is 0 Å². The lowest BCUT2D eigenvalue weighted by atomic mass is 9.87. The number of halogens is 2. The molecule has 0 N–H and O–H groups in total. The molecule has 0 aromatic heterocycles. The lowest BCUT2D eigenvalue weighted by Crippen LogP contribution is -2.26. The van der Waals surface area contributed by atoms with Crippen LogP contribution in [0.5, 0.6) is 11.5 Å². The molecule has 27 heavy (non-hydrogen) atoms. The number of carbonyl (C=O) groups excluding carboxylic acids is 1. The molecule has 1 aliphatic carbocycles. The van der Waals surface area contributed by atoms with Crippen LogP contribution in [0.25, 0.3) is 0 Å². The zero-order valence-electron chi connectivity index (χ0n) is 17.3. The van der Waals surface area contributed by atoms with Crippen LogP contribution < -0.4 is 9.47 Å². The standard InChI is InChI=1S/C19H24F2O4.C2H6/c1-10(2)15-13(9-14(22)23-18(3,4)5)11-7-6-8-12(11)16-17(15)25-19(20,21)24-16;1-2/h10H,6-9H2,1-5H3;1-2H3. The van der Waals surface area contributed by atoms with E-state index in [0.29, 0.717) is 12.0 Å². The fourth-order valence-electron chi connectivity index (χ4n) is 3.69. The number of hydrogen-bond acceptors (Lipinski definition) is 4. The van der Waals surface area contributed by atoms with E-state index in [-0.39, 0.29) is 29.8 Å². The van der Waals surface area contributed by atoms with E-state index < -0.39 is 11.9 Å². The summed E-state index contributed by atoms with van der Waals surface area (Å²) in [6.45, 7) is 13.2. The molecule has 0 saturated carbocycles. The highest BCUT2D eigenvalue weighted by Gasteiger charge is 2.48. The Hall–Kier alpha value is -1.85. The van der Waals surface area contributed by atoms with Crippen LogP contribution in [0.1, 0.15) is 83.1 Å². The van der Waals surface area contributed by atoms with Gasteiger partial charge in [0.15, 0.2) is 11.5 Å². The maximum atomic E-state index is 13.7. The summed E-state index contributed by atoms with van der Waals surface area (Å²) in [5.74, 6) is -0.225. The number of benzene rings is 1. The second-order valence-corrected chi connectivity index (χ2v) is 7.95. The van der Waals surface area contributed by atoms with Crippen LogP contribution in [-0.2, 0) is 28.8 Å². The first-order valence-corrected chi connectivity index (χ1v) is 9.66. The number of rotatable bonds is 3. The van der Waals surface area contributed by atoms with E-state index in [1.54, 1.807) is 20.8 Å². The molecule has 1 aliphatic heterocycles. The highest BCUT2D eigenvalue weighted by Crippen LogP contribution is 2.53. The van der Waals surface area contributed by atoms with Gasteiger partial charge in [-0.3, -0.25) is 4.79 Å². The minimum atomic E-state index is -3.66. The van der Waals surface area contributed by atoms with Gasteiger partial charge in [0.25, 0.3) is 0 Å². The molecule has 4 nitrogen and oxygen atoms in total. The van der Waals surface area contributed by atoms with Crippen LogP contribution in [0.4, 0.5) is 8.78 Å². The van der Waals surface area contributed by atoms with E-state index in [2.05, 4.69) is 0 Å². The molecule has 2 aliphatic rings. The van der Waals surface area contributed by atoms with Gasteiger partial charge in [-0.2, -0.15) is 0 Å². The first kappa shape index (κ1) is 21.5. The second-order valence-electron chi connectivity index (χ2n) is 7.95. The third-order valence-electron chi connectivity index (χ3n) is 4.39. The van der Waals surface area contributed by atoms with Crippen molar-refractivity contribution >= 4 is 5.97 Å². The quantitative estimate of drug-likeness (QED) is 0.643. The topological polar surface area (TPSA) is 44.8 Å². The molecule has 152 valence electrons. The molecule has 0 spiro atoms. The molecule has 0 saturated heterocycles. The Morgan fingerprint density at radius 2 is 1.67 bits per heavy atom.